The van der Waals surface area contributed by atoms with Crippen LogP contribution in [0.1, 0.15) is 38.2 Å². The van der Waals surface area contributed by atoms with Crippen molar-refractivity contribution in [2.75, 3.05) is 63.1 Å². The highest BCUT2D eigenvalue weighted by Gasteiger charge is 2.48. The van der Waals surface area contributed by atoms with Crippen molar-refractivity contribution in [3.05, 3.63) is 34.4 Å². The molecule has 3 saturated heterocycles. The molecule has 0 amide bonds. The second-order valence-corrected chi connectivity index (χ2v) is 15.1. The molecule has 0 spiro atoms. The maximum atomic E-state index is 17.2. The summed E-state index contributed by atoms with van der Waals surface area (Å²) < 4.78 is 72.1. The normalized spacial score (nSPS) is 24.2. The monoisotopic (exact) mass is 715 g/mol. The molecule has 3 fully saturated rings. The highest BCUT2D eigenvalue weighted by atomic mass is 35.5. The lowest BCUT2D eigenvalue weighted by atomic mass is 9.92. The number of anilines is 2. The first-order valence-corrected chi connectivity index (χ1v) is 17.7. The molecule has 2 aromatic heterocycles. The molecule has 4 aliphatic rings. The third-order valence-electron chi connectivity index (χ3n) is 10.5. The van der Waals surface area contributed by atoms with E-state index in [1.165, 1.54) is 12.1 Å². The summed E-state index contributed by atoms with van der Waals surface area (Å²) in [7, 11) is 0. The van der Waals surface area contributed by atoms with Gasteiger partial charge in [-0.15, -0.1) is 11.3 Å². The molecule has 0 saturated carbocycles. The zero-order chi connectivity index (χ0) is 34.2. The van der Waals surface area contributed by atoms with Gasteiger partial charge in [0.15, 0.2) is 11.6 Å². The maximum Gasteiger partial charge on any atom is 0.319 e. The van der Waals surface area contributed by atoms with Gasteiger partial charge in [-0.2, -0.15) is 15.2 Å². The molecule has 9 nitrogen and oxygen atoms in total. The third kappa shape index (κ3) is 5.32. The SMILES string of the molecule is C[C@H]1CN2CCC[C@@]2(COc2nc3c4c(c(Cl)c(-c5ccc(F)c6sc(N)c(C#N)c56)c(F)c4n2)OCC2CN(CC(F)F)CCCN32)C1. The Labute approximate surface area is 289 Å². The fraction of sp³-hybridized carbons (Fsp3) is 0.500. The number of nitrogens with zero attached hydrogens (tertiary/aromatic N) is 6. The Balaban J connectivity index is 1.32. The standard InChI is InChI=1S/C34H34ClF4N7O2S/c1-17-10-34(6-2-8-45(34)12-17)16-48-33-42-28-25-29(47-15-18-13-44(14-22(37)38)7-3-9-46(18)32(25)43-33)26(35)24(27(28)39)19-4-5-21(36)30-23(19)20(11-40)31(41)49-30/h4-5,17-18,22H,2-3,6-10,12-16,41H2,1H3/t17-,18?,34+/m1/s1. The van der Waals surface area contributed by atoms with E-state index in [9.17, 15) is 14.0 Å². The summed E-state index contributed by atoms with van der Waals surface area (Å²) in [5.41, 5.74) is 5.89. The number of nitriles is 1. The highest BCUT2D eigenvalue weighted by molar-refractivity contribution is 7.23. The topological polar surface area (TPSA) is 104 Å². The van der Waals surface area contributed by atoms with Crippen LogP contribution >= 0.6 is 22.9 Å². The highest BCUT2D eigenvalue weighted by Crippen LogP contribution is 2.51. The number of hydrogen-bond donors (Lipinski definition) is 1. The molecule has 0 aliphatic carbocycles. The lowest BCUT2D eigenvalue weighted by molar-refractivity contribution is 0.0853. The van der Waals surface area contributed by atoms with E-state index >= 15 is 8.78 Å². The van der Waals surface area contributed by atoms with Crippen molar-refractivity contribution in [3.8, 4) is 29.0 Å². The minimum absolute atomic E-state index is 0.0162. The number of fused-ring (bicyclic) bond motifs is 4. The van der Waals surface area contributed by atoms with E-state index < -0.39 is 24.1 Å². The van der Waals surface area contributed by atoms with E-state index in [1.54, 1.807) is 4.90 Å². The molecular weight excluding hydrogens is 682 g/mol. The van der Waals surface area contributed by atoms with E-state index in [0.29, 0.717) is 37.9 Å². The summed E-state index contributed by atoms with van der Waals surface area (Å²) in [6.45, 7) is 5.37. The fourth-order valence-electron chi connectivity index (χ4n) is 8.51. The molecule has 0 radical (unpaired) electrons. The molecule has 3 atom stereocenters. The number of hydrogen-bond acceptors (Lipinski definition) is 10. The first-order chi connectivity index (χ1) is 23.6. The number of thiophene rings is 1. The molecule has 6 heterocycles. The average Bonchev–Trinajstić information content (AvgIpc) is 3.61. The van der Waals surface area contributed by atoms with Crippen LogP contribution in [0.3, 0.4) is 0 Å². The van der Waals surface area contributed by atoms with Gasteiger partial charge >= 0.3 is 6.01 Å². The number of nitrogens with two attached hydrogens (primary N) is 1. The number of benzene rings is 2. The van der Waals surface area contributed by atoms with Gasteiger partial charge in [-0.1, -0.05) is 24.6 Å². The third-order valence-corrected chi connectivity index (χ3v) is 11.9. The zero-order valence-corrected chi connectivity index (χ0v) is 28.3. The van der Waals surface area contributed by atoms with Crippen molar-refractivity contribution >= 4 is 54.7 Å². The van der Waals surface area contributed by atoms with Gasteiger partial charge in [-0.25, -0.2) is 17.6 Å². The largest absolute Gasteiger partial charge is 0.489 e. The Morgan fingerprint density at radius 3 is 2.82 bits per heavy atom. The molecule has 4 aromatic rings. The molecule has 0 bridgehead atoms. The van der Waals surface area contributed by atoms with Crippen LogP contribution in [0.4, 0.5) is 28.4 Å². The van der Waals surface area contributed by atoms with E-state index in [0.717, 1.165) is 43.7 Å². The van der Waals surface area contributed by atoms with Crippen molar-refractivity contribution in [1.82, 2.24) is 19.8 Å². The summed E-state index contributed by atoms with van der Waals surface area (Å²) in [4.78, 5) is 15.6. The van der Waals surface area contributed by atoms with Crippen molar-refractivity contribution in [2.24, 2.45) is 5.92 Å². The Bertz CT molecular complexity index is 2020. The van der Waals surface area contributed by atoms with Crippen LogP contribution < -0.4 is 20.1 Å². The summed E-state index contributed by atoms with van der Waals surface area (Å²) in [6.07, 6.45) is 1.07. The van der Waals surface area contributed by atoms with Gasteiger partial charge in [0.2, 0.25) is 0 Å². The van der Waals surface area contributed by atoms with Crippen LogP contribution in [0.25, 0.3) is 32.1 Å². The van der Waals surface area contributed by atoms with E-state index in [1.807, 2.05) is 11.0 Å². The lowest BCUT2D eigenvalue weighted by Crippen LogP contribution is -2.45. The van der Waals surface area contributed by atoms with Gasteiger partial charge in [0.05, 0.1) is 38.8 Å². The molecular formula is C34H34ClF4N7O2S. The van der Waals surface area contributed by atoms with Crippen LogP contribution in [0.15, 0.2) is 12.1 Å². The predicted octanol–water partition coefficient (Wildman–Crippen LogP) is 6.69. The molecule has 2 N–H and O–H groups in total. The van der Waals surface area contributed by atoms with Gasteiger partial charge in [0.1, 0.15) is 41.4 Å². The lowest BCUT2D eigenvalue weighted by Gasteiger charge is -2.32. The number of halogens is 5. The molecule has 15 heteroatoms. The summed E-state index contributed by atoms with van der Waals surface area (Å²) in [5, 5.41) is 10.3. The Kier molecular flexibility index (Phi) is 8.17. The number of aromatic nitrogens is 2. The summed E-state index contributed by atoms with van der Waals surface area (Å²) >= 11 is 7.94. The average molecular weight is 716 g/mol. The van der Waals surface area contributed by atoms with Crippen molar-refractivity contribution in [1.29, 1.82) is 5.26 Å². The second-order valence-electron chi connectivity index (χ2n) is 13.7. The van der Waals surface area contributed by atoms with E-state index in [-0.39, 0.29) is 84.7 Å². The first-order valence-electron chi connectivity index (χ1n) is 16.5. The van der Waals surface area contributed by atoms with Gasteiger partial charge < -0.3 is 20.1 Å². The van der Waals surface area contributed by atoms with Gasteiger partial charge in [0, 0.05) is 37.1 Å². The summed E-state index contributed by atoms with van der Waals surface area (Å²) in [6, 6.07) is 4.15. The fourth-order valence-corrected chi connectivity index (χ4v) is 9.79. The molecule has 8 rings (SSSR count). The van der Waals surface area contributed by atoms with Crippen molar-refractivity contribution in [2.45, 2.75) is 50.6 Å². The smallest absolute Gasteiger partial charge is 0.319 e. The Morgan fingerprint density at radius 2 is 2.02 bits per heavy atom. The molecule has 258 valence electrons. The molecule has 2 aromatic carbocycles. The molecule has 1 unspecified atom stereocenters. The first kappa shape index (κ1) is 32.6. The van der Waals surface area contributed by atoms with Crippen LogP contribution in [-0.4, -0.2) is 90.3 Å². The van der Waals surface area contributed by atoms with Gasteiger partial charge in [0.25, 0.3) is 6.43 Å². The van der Waals surface area contributed by atoms with E-state index in [2.05, 4.69) is 16.8 Å². The Hall–Kier alpha value is -3.64. The van der Waals surface area contributed by atoms with Crippen LogP contribution in [-0.2, 0) is 0 Å². The van der Waals surface area contributed by atoms with Crippen LogP contribution in [0, 0.1) is 28.9 Å². The second kappa shape index (κ2) is 12.3. The van der Waals surface area contributed by atoms with E-state index in [4.69, 9.17) is 31.8 Å². The van der Waals surface area contributed by atoms with Gasteiger partial charge in [-0.3, -0.25) is 9.80 Å². The zero-order valence-electron chi connectivity index (χ0n) is 26.7. The van der Waals surface area contributed by atoms with Crippen LogP contribution in [0.2, 0.25) is 5.02 Å². The quantitative estimate of drug-likeness (QED) is 0.219. The predicted molar refractivity (Wildman–Crippen MR) is 181 cm³/mol. The van der Waals surface area contributed by atoms with Crippen molar-refractivity contribution < 1.29 is 27.0 Å². The minimum Gasteiger partial charge on any atom is -0.489 e. The maximum absolute atomic E-state index is 17.2. The van der Waals surface area contributed by atoms with Crippen molar-refractivity contribution in [3.63, 3.8) is 0 Å². The number of nitrogen functional groups attached to an aromatic ring is 1. The van der Waals surface area contributed by atoms with Gasteiger partial charge in [-0.05, 0) is 49.8 Å². The number of rotatable bonds is 6. The Morgan fingerprint density at radius 1 is 1.18 bits per heavy atom. The number of ether oxygens (including phenoxy) is 2. The summed E-state index contributed by atoms with van der Waals surface area (Å²) in [5.74, 6) is -0.436. The molecule has 49 heavy (non-hydrogen) atoms. The minimum atomic E-state index is -2.50. The molecule has 4 aliphatic heterocycles. The number of alkyl halides is 2. The van der Waals surface area contributed by atoms with Crippen LogP contribution in [0.5, 0.6) is 11.8 Å².